The van der Waals surface area contributed by atoms with Crippen LogP contribution in [0.15, 0.2) is 47.9 Å². The van der Waals surface area contributed by atoms with Crippen LogP contribution in [-0.4, -0.2) is 41.2 Å². The van der Waals surface area contributed by atoms with Gasteiger partial charge in [0.1, 0.15) is 11.4 Å². The molecule has 3 aromatic heterocycles. The van der Waals surface area contributed by atoms with Crippen LogP contribution in [-0.2, 0) is 11.8 Å². The van der Waals surface area contributed by atoms with E-state index >= 15 is 0 Å². The van der Waals surface area contributed by atoms with Gasteiger partial charge in [-0.05, 0) is 26.0 Å². The minimum absolute atomic E-state index is 0.112. The van der Waals surface area contributed by atoms with E-state index in [1.807, 2.05) is 55.9 Å². The number of benzene rings is 1. The van der Waals surface area contributed by atoms with Gasteiger partial charge in [-0.25, -0.2) is 14.6 Å². The number of thioether (sulfide) groups is 1. The number of nitrogens with zero attached hydrogens (tertiary/aromatic N) is 6. The van der Waals surface area contributed by atoms with E-state index < -0.39 is 0 Å². The zero-order valence-corrected chi connectivity index (χ0v) is 16.6. The summed E-state index contributed by atoms with van der Waals surface area (Å²) in [5.74, 6) is 0.121. The van der Waals surface area contributed by atoms with Crippen LogP contribution in [0.5, 0.6) is 0 Å². The predicted molar refractivity (Wildman–Crippen MR) is 109 cm³/mol. The first kappa shape index (κ1) is 18.2. The van der Waals surface area contributed by atoms with Crippen LogP contribution in [0.25, 0.3) is 16.7 Å². The molecule has 4 rings (SSSR count). The van der Waals surface area contributed by atoms with Crippen molar-refractivity contribution in [2.45, 2.75) is 18.9 Å². The Kier molecular flexibility index (Phi) is 4.82. The van der Waals surface area contributed by atoms with Crippen molar-refractivity contribution in [2.75, 3.05) is 11.1 Å². The molecule has 0 saturated carbocycles. The first-order chi connectivity index (χ1) is 13.5. The van der Waals surface area contributed by atoms with Crippen molar-refractivity contribution >= 4 is 34.4 Å². The van der Waals surface area contributed by atoms with Crippen molar-refractivity contribution < 1.29 is 4.79 Å². The molecular formula is C19H19N7OS. The Labute approximate surface area is 166 Å². The zero-order chi connectivity index (χ0) is 19.7. The van der Waals surface area contributed by atoms with Crippen LogP contribution in [0.1, 0.15) is 11.4 Å². The maximum Gasteiger partial charge on any atom is 0.234 e. The zero-order valence-electron chi connectivity index (χ0n) is 15.7. The summed E-state index contributed by atoms with van der Waals surface area (Å²) >= 11 is 1.36. The molecule has 9 heteroatoms. The third-order valence-corrected chi connectivity index (χ3v) is 5.39. The summed E-state index contributed by atoms with van der Waals surface area (Å²) in [6.07, 6.45) is 3.20. The summed E-state index contributed by atoms with van der Waals surface area (Å²) < 4.78 is 3.52. The molecule has 0 radical (unpaired) electrons. The number of hydrogen-bond donors (Lipinski definition) is 1. The Morgan fingerprint density at radius 2 is 1.96 bits per heavy atom. The predicted octanol–water partition coefficient (Wildman–Crippen LogP) is 2.90. The highest BCUT2D eigenvalue weighted by atomic mass is 32.2. The van der Waals surface area contributed by atoms with Crippen LogP contribution in [0, 0.1) is 13.8 Å². The maximum absolute atomic E-state index is 12.5. The molecule has 0 unspecified atom stereocenters. The normalized spacial score (nSPS) is 11.1. The number of fused-ring (bicyclic) bond motifs is 1. The minimum Gasteiger partial charge on any atom is -0.322 e. The molecular weight excluding hydrogens is 374 g/mol. The third kappa shape index (κ3) is 3.36. The summed E-state index contributed by atoms with van der Waals surface area (Å²) in [7, 11) is 1.83. The van der Waals surface area contributed by atoms with E-state index in [9.17, 15) is 4.79 Å². The van der Waals surface area contributed by atoms with E-state index in [0.717, 1.165) is 38.8 Å². The lowest BCUT2D eigenvalue weighted by Crippen LogP contribution is -2.15. The second kappa shape index (κ2) is 7.43. The fourth-order valence-electron chi connectivity index (χ4n) is 3.01. The number of carbonyl (C=O) groups excluding carboxylic acids is 1. The van der Waals surface area contributed by atoms with E-state index in [1.165, 1.54) is 18.1 Å². The SMILES string of the molecule is Cc1nn(-c2ccccc2)c(C)c1NC(=O)CSc1ncnc2c1cnn2C. The number of rotatable bonds is 5. The van der Waals surface area contributed by atoms with Gasteiger partial charge in [0, 0.05) is 7.05 Å². The van der Waals surface area contributed by atoms with Crippen LogP contribution in [0.2, 0.25) is 0 Å². The molecule has 0 spiro atoms. The van der Waals surface area contributed by atoms with Gasteiger partial charge in [0.15, 0.2) is 5.65 Å². The second-order valence-electron chi connectivity index (χ2n) is 6.31. The standard InChI is InChI=1S/C19H19N7OS/c1-12-17(13(2)26(24-12)14-7-5-4-6-8-14)23-16(27)10-28-19-15-9-22-25(3)18(15)20-11-21-19/h4-9,11H,10H2,1-3H3,(H,23,27). The van der Waals surface area contributed by atoms with Crippen molar-refractivity contribution in [3.05, 3.63) is 54.2 Å². The van der Waals surface area contributed by atoms with Gasteiger partial charge in [0.2, 0.25) is 5.91 Å². The number of aryl methyl sites for hydroxylation is 2. The summed E-state index contributed by atoms with van der Waals surface area (Å²) in [6.45, 7) is 3.83. The molecule has 1 aromatic carbocycles. The first-order valence-corrected chi connectivity index (χ1v) is 9.70. The van der Waals surface area contributed by atoms with E-state index in [4.69, 9.17) is 0 Å². The summed E-state index contributed by atoms with van der Waals surface area (Å²) in [6, 6.07) is 9.84. The lowest BCUT2D eigenvalue weighted by Gasteiger charge is -2.07. The molecule has 0 aliphatic carbocycles. The molecule has 0 bridgehead atoms. The van der Waals surface area contributed by atoms with Crippen molar-refractivity contribution in [1.82, 2.24) is 29.5 Å². The largest absolute Gasteiger partial charge is 0.322 e. The summed E-state index contributed by atoms with van der Waals surface area (Å²) in [5.41, 5.74) is 4.10. The van der Waals surface area contributed by atoms with Gasteiger partial charge < -0.3 is 5.32 Å². The Morgan fingerprint density at radius 3 is 2.75 bits per heavy atom. The molecule has 28 heavy (non-hydrogen) atoms. The lowest BCUT2D eigenvalue weighted by atomic mass is 10.3. The van der Waals surface area contributed by atoms with Crippen molar-refractivity contribution in [3.63, 3.8) is 0 Å². The van der Waals surface area contributed by atoms with Gasteiger partial charge in [-0.3, -0.25) is 9.48 Å². The Morgan fingerprint density at radius 1 is 1.18 bits per heavy atom. The van der Waals surface area contributed by atoms with Crippen LogP contribution >= 0.6 is 11.8 Å². The van der Waals surface area contributed by atoms with E-state index in [2.05, 4.69) is 25.5 Å². The van der Waals surface area contributed by atoms with Gasteiger partial charge >= 0.3 is 0 Å². The van der Waals surface area contributed by atoms with Crippen LogP contribution in [0.4, 0.5) is 5.69 Å². The van der Waals surface area contributed by atoms with Gasteiger partial charge in [0.25, 0.3) is 0 Å². The number of anilines is 1. The number of aromatic nitrogens is 6. The number of hydrogen-bond acceptors (Lipinski definition) is 6. The van der Waals surface area contributed by atoms with Gasteiger partial charge in [-0.1, -0.05) is 30.0 Å². The molecule has 0 atom stereocenters. The highest BCUT2D eigenvalue weighted by Crippen LogP contribution is 2.26. The molecule has 3 heterocycles. The van der Waals surface area contributed by atoms with Crippen LogP contribution < -0.4 is 5.32 Å². The quantitative estimate of drug-likeness (QED) is 0.414. The smallest absolute Gasteiger partial charge is 0.234 e. The van der Waals surface area contributed by atoms with Crippen LogP contribution in [0.3, 0.4) is 0 Å². The average molecular weight is 393 g/mol. The maximum atomic E-state index is 12.5. The van der Waals surface area contributed by atoms with Crippen molar-refractivity contribution in [2.24, 2.45) is 7.05 Å². The Bertz CT molecular complexity index is 1150. The topological polar surface area (TPSA) is 90.5 Å². The monoisotopic (exact) mass is 393 g/mol. The molecule has 4 aromatic rings. The second-order valence-corrected chi connectivity index (χ2v) is 7.28. The Balaban J connectivity index is 1.49. The third-order valence-electron chi connectivity index (χ3n) is 4.39. The molecule has 8 nitrogen and oxygen atoms in total. The molecule has 1 N–H and O–H groups in total. The van der Waals surface area contributed by atoms with Gasteiger partial charge in [-0.2, -0.15) is 10.2 Å². The fraction of sp³-hybridized carbons (Fsp3) is 0.211. The van der Waals surface area contributed by atoms with Gasteiger partial charge in [0.05, 0.1) is 40.1 Å². The van der Waals surface area contributed by atoms with E-state index in [1.54, 1.807) is 10.9 Å². The fourth-order valence-corrected chi connectivity index (χ4v) is 3.77. The lowest BCUT2D eigenvalue weighted by molar-refractivity contribution is -0.113. The summed E-state index contributed by atoms with van der Waals surface area (Å²) in [4.78, 5) is 21.0. The highest BCUT2D eigenvalue weighted by molar-refractivity contribution is 8.00. The number of carbonyl (C=O) groups is 1. The molecule has 0 aliphatic heterocycles. The molecule has 1 amide bonds. The van der Waals surface area contributed by atoms with Gasteiger partial charge in [-0.15, -0.1) is 0 Å². The number of amides is 1. The number of nitrogens with one attached hydrogen (secondary N) is 1. The van der Waals surface area contributed by atoms with Crippen molar-refractivity contribution in [1.29, 1.82) is 0 Å². The molecule has 142 valence electrons. The molecule has 0 saturated heterocycles. The van der Waals surface area contributed by atoms with E-state index in [-0.39, 0.29) is 11.7 Å². The molecule has 0 fully saturated rings. The van der Waals surface area contributed by atoms with E-state index in [0.29, 0.717) is 0 Å². The van der Waals surface area contributed by atoms with Crippen molar-refractivity contribution in [3.8, 4) is 5.69 Å². The average Bonchev–Trinajstić information content (AvgIpc) is 3.22. The summed E-state index contributed by atoms with van der Waals surface area (Å²) in [5, 5.41) is 13.3. The highest BCUT2D eigenvalue weighted by Gasteiger charge is 2.16. The first-order valence-electron chi connectivity index (χ1n) is 8.71. The minimum atomic E-state index is -0.112. The molecule has 0 aliphatic rings. The number of para-hydroxylation sites is 1. The Hall–Kier alpha value is -3.20.